The molecule has 1 fully saturated rings. The van der Waals surface area contributed by atoms with Gasteiger partial charge in [-0.05, 0) is 38.2 Å². The van der Waals surface area contributed by atoms with Crippen LogP contribution in [0, 0.1) is 12.8 Å². The van der Waals surface area contributed by atoms with Crippen LogP contribution in [0.1, 0.15) is 44.4 Å². The molecule has 1 heterocycles. The van der Waals surface area contributed by atoms with Gasteiger partial charge in [-0.25, -0.2) is 4.79 Å². The SMILES string of the molecule is Cc1nn(C)c(N(CCC(C)C)C2CC2)c1/C=C/C(=O)O. The molecule has 5 nitrogen and oxygen atoms in total. The largest absolute Gasteiger partial charge is 0.478 e. The standard InChI is InChI=1S/C16H25N3O2/c1-11(2)9-10-19(13-5-6-13)16-14(7-8-15(20)21)12(3)17-18(16)4/h7-8,11,13H,5-6,9-10H2,1-4H3,(H,20,21)/b8-7+. The molecule has 1 aliphatic rings. The molecule has 0 spiro atoms. The lowest BCUT2D eigenvalue weighted by Crippen LogP contribution is -2.30. The minimum atomic E-state index is -0.927. The Bertz CT molecular complexity index is 542. The molecule has 1 saturated carbocycles. The van der Waals surface area contributed by atoms with Crippen molar-refractivity contribution in [3.8, 4) is 0 Å². The van der Waals surface area contributed by atoms with Crippen molar-refractivity contribution in [3.05, 3.63) is 17.3 Å². The zero-order valence-corrected chi connectivity index (χ0v) is 13.3. The van der Waals surface area contributed by atoms with Crippen molar-refractivity contribution < 1.29 is 9.90 Å². The molecule has 0 amide bonds. The Labute approximate surface area is 126 Å². The molecule has 1 N–H and O–H groups in total. The molecular weight excluding hydrogens is 266 g/mol. The third kappa shape index (κ3) is 3.86. The Morgan fingerprint density at radius 2 is 2.19 bits per heavy atom. The Morgan fingerprint density at radius 1 is 1.52 bits per heavy atom. The Hall–Kier alpha value is -1.78. The van der Waals surface area contributed by atoms with Gasteiger partial charge in [0.2, 0.25) is 0 Å². The maximum Gasteiger partial charge on any atom is 0.328 e. The molecule has 5 heteroatoms. The van der Waals surface area contributed by atoms with Crippen LogP contribution in [-0.2, 0) is 11.8 Å². The van der Waals surface area contributed by atoms with E-state index in [0.29, 0.717) is 12.0 Å². The topological polar surface area (TPSA) is 58.4 Å². The Balaban J connectivity index is 2.32. The number of carboxylic acid groups (broad SMARTS) is 1. The first-order valence-electron chi connectivity index (χ1n) is 7.61. The first-order chi connectivity index (χ1) is 9.90. The normalized spacial score (nSPS) is 15.1. The third-order valence-corrected chi connectivity index (χ3v) is 3.84. The molecule has 0 aromatic carbocycles. The summed E-state index contributed by atoms with van der Waals surface area (Å²) in [6.45, 7) is 7.38. The van der Waals surface area contributed by atoms with Crippen molar-refractivity contribution in [1.29, 1.82) is 0 Å². The smallest absolute Gasteiger partial charge is 0.328 e. The second-order valence-electron chi connectivity index (χ2n) is 6.22. The number of carboxylic acids is 1. The molecule has 21 heavy (non-hydrogen) atoms. The number of hydrogen-bond donors (Lipinski definition) is 1. The molecule has 0 saturated heterocycles. The molecule has 1 aromatic heterocycles. The number of aliphatic carboxylic acids is 1. The molecule has 0 unspecified atom stereocenters. The summed E-state index contributed by atoms with van der Waals surface area (Å²) in [6, 6.07) is 0.579. The average molecular weight is 291 g/mol. The van der Waals surface area contributed by atoms with Crippen molar-refractivity contribution in [2.45, 2.75) is 46.1 Å². The van der Waals surface area contributed by atoms with Crippen molar-refractivity contribution in [1.82, 2.24) is 9.78 Å². The summed E-state index contributed by atoms with van der Waals surface area (Å²) in [5, 5.41) is 13.4. The van der Waals surface area contributed by atoms with Crippen LogP contribution in [0.4, 0.5) is 5.82 Å². The summed E-state index contributed by atoms with van der Waals surface area (Å²) in [7, 11) is 1.94. The summed E-state index contributed by atoms with van der Waals surface area (Å²) >= 11 is 0. The first kappa shape index (κ1) is 15.6. The van der Waals surface area contributed by atoms with Gasteiger partial charge in [0.25, 0.3) is 0 Å². The summed E-state index contributed by atoms with van der Waals surface area (Å²) in [6.07, 6.45) is 6.42. The van der Waals surface area contributed by atoms with E-state index in [1.807, 2.05) is 18.7 Å². The van der Waals surface area contributed by atoms with Gasteiger partial charge in [0.05, 0.1) is 5.69 Å². The molecule has 116 valence electrons. The van der Waals surface area contributed by atoms with E-state index in [0.717, 1.165) is 30.0 Å². The monoisotopic (exact) mass is 291 g/mol. The number of aromatic nitrogens is 2. The van der Waals surface area contributed by atoms with E-state index in [1.165, 1.54) is 18.9 Å². The lowest BCUT2D eigenvalue weighted by molar-refractivity contribution is -0.131. The van der Waals surface area contributed by atoms with Gasteiger partial charge in [-0.15, -0.1) is 0 Å². The molecule has 1 aromatic rings. The summed E-state index contributed by atoms with van der Waals surface area (Å²) in [4.78, 5) is 13.2. The van der Waals surface area contributed by atoms with E-state index in [9.17, 15) is 4.79 Å². The first-order valence-corrected chi connectivity index (χ1v) is 7.61. The van der Waals surface area contributed by atoms with Crippen LogP contribution in [0.3, 0.4) is 0 Å². The number of anilines is 1. The van der Waals surface area contributed by atoms with E-state index in [-0.39, 0.29) is 0 Å². The van der Waals surface area contributed by atoms with Gasteiger partial charge in [-0.3, -0.25) is 4.68 Å². The van der Waals surface area contributed by atoms with E-state index < -0.39 is 5.97 Å². The van der Waals surface area contributed by atoms with Crippen LogP contribution >= 0.6 is 0 Å². The lowest BCUT2D eigenvalue weighted by atomic mass is 10.1. The molecule has 2 rings (SSSR count). The zero-order chi connectivity index (χ0) is 15.6. The second kappa shape index (κ2) is 6.33. The molecule has 0 radical (unpaired) electrons. The quantitative estimate of drug-likeness (QED) is 0.785. The van der Waals surface area contributed by atoms with Crippen molar-refractivity contribution in [2.75, 3.05) is 11.4 Å². The summed E-state index contributed by atoms with van der Waals surface area (Å²) in [5.41, 5.74) is 1.80. The van der Waals surface area contributed by atoms with E-state index in [4.69, 9.17) is 5.11 Å². The highest BCUT2D eigenvalue weighted by Gasteiger charge is 2.32. The van der Waals surface area contributed by atoms with Crippen LogP contribution < -0.4 is 4.90 Å². The molecule has 0 bridgehead atoms. The van der Waals surface area contributed by atoms with Crippen LogP contribution in [0.15, 0.2) is 6.08 Å². The van der Waals surface area contributed by atoms with Crippen LogP contribution in [0.2, 0.25) is 0 Å². The van der Waals surface area contributed by atoms with Crippen LogP contribution in [0.5, 0.6) is 0 Å². The van der Waals surface area contributed by atoms with Gasteiger partial charge in [-0.2, -0.15) is 5.10 Å². The number of aryl methyl sites for hydroxylation is 2. The maximum absolute atomic E-state index is 10.8. The third-order valence-electron chi connectivity index (χ3n) is 3.84. The highest BCUT2D eigenvalue weighted by molar-refractivity contribution is 5.87. The van der Waals surface area contributed by atoms with Gasteiger partial charge >= 0.3 is 5.97 Å². The van der Waals surface area contributed by atoms with Crippen molar-refractivity contribution in [3.63, 3.8) is 0 Å². The van der Waals surface area contributed by atoms with Gasteiger partial charge in [0.15, 0.2) is 0 Å². The number of nitrogens with zero attached hydrogens (tertiary/aromatic N) is 3. The Morgan fingerprint density at radius 3 is 2.71 bits per heavy atom. The van der Waals surface area contributed by atoms with Crippen LogP contribution in [0.25, 0.3) is 6.08 Å². The minimum absolute atomic E-state index is 0.579. The number of rotatable bonds is 7. The van der Waals surface area contributed by atoms with E-state index in [1.54, 1.807) is 6.08 Å². The minimum Gasteiger partial charge on any atom is -0.478 e. The number of hydrogen-bond acceptors (Lipinski definition) is 3. The Kier molecular flexibility index (Phi) is 4.70. The van der Waals surface area contributed by atoms with Gasteiger partial charge in [-0.1, -0.05) is 13.8 Å². The zero-order valence-electron chi connectivity index (χ0n) is 13.3. The average Bonchev–Trinajstić information content (AvgIpc) is 3.16. The van der Waals surface area contributed by atoms with Gasteiger partial charge in [0, 0.05) is 31.3 Å². The van der Waals surface area contributed by atoms with Gasteiger partial charge in [0.1, 0.15) is 5.82 Å². The molecular formula is C16H25N3O2. The molecule has 0 atom stereocenters. The van der Waals surface area contributed by atoms with Crippen molar-refractivity contribution in [2.24, 2.45) is 13.0 Å². The van der Waals surface area contributed by atoms with Gasteiger partial charge < -0.3 is 10.0 Å². The highest BCUT2D eigenvalue weighted by Crippen LogP contribution is 2.35. The van der Waals surface area contributed by atoms with Crippen molar-refractivity contribution >= 4 is 17.9 Å². The maximum atomic E-state index is 10.8. The highest BCUT2D eigenvalue weighted by atomic mass is 16.4. The van der Waals surface area contributed by atoms with E-state index >= 15 is 0 Å². The number of carbonyl (C=O) groups is 1. The molecule has 0 aliphatic heterocycles. The lowest BCUT2D eigenvalue weighted by Gasteiger charge is -2.26. The second-order valence-corrected chi connectivity index (χ2v) is 6.22. The molecule has 1 aliphatic carbocycles. The predicted octanol–water partition coefficient (Wildman–Crippen LogP) is 2.84. The fourth-order valence-corrected chi connectivity index (χ4v) is 2.60. The predicted molar refractivity (Wildman–Crippen MR) is 84.4 cm³/mol. The fourth-order valence-electron chi connectivity index (χ4n) is 2.60. The summed E-state index contributed by atoms with van der Waals surface area (Å²) < 4.78 is 1.88. The fraction of sp³-hybridized carbons (Fsp3) is 0.625. The van der Waals surface area contributed by atoms with E-state index in [2.05, 4.69) is 23.8 Å². The summed E-state index contributed by atoms with van der Waals surface area (Å²) in [5.74, 6) is 0.774. The van der Waals surface area contributed by atoms with Crippen LogP contribution in [-0.4, -0.2) is 33.4 Å².